The van der Waals surface area contributed by atoms with Crippen molar-refractivity contribution in [3.8, 4) is 0 Å². The summed E-state index contributed by atoms with van der Waals surface area (Å²) >= 11 is 0. The lowest BCUT2D eigenvalue weighted by molar-refractivity contribution is 0.151. The van der Waals surface area contributed by atoms with Gasteiger partial charge in [-0.15, -0.1) is 0 Å². The van der Waals surface area contributed by atoms with Gasteiger partial charge < -0.3 is 5.32 Å². The van der Waals surface area contributed by atoms with E-state index in [0.29, 0.717) is 5.54 Å². The summed E-state index contributed by atoms with van der Waals surface area (Å²) in [7, 11) is 0. The van der Waals surface area contributed by atoms with E-state index >= 15 is 0 Å². The molecular formula is C11H21N. The van der Waals surface area contributed by atoms with Crippen LogP contribution >= 0.6 is 0 Å². The predicted molar refractivity (Wildman–Crippen MR) is 52.1 cm³/mol. The molecule has 0 saturated heterocycles. The van der Waals surface area contributed by atoms with Crippen molar-refractivity contribution in [2.75, 3.05) is 0 Å². The molecule has 1 heteroatoms. The average molecular weight is 167 g/mol. The number of hydrogen-bond donors (Lipinski definition) is 1. The minimum Gasteiger partial charge on any atom is -0.309 e. The van der Waals surface area contributed by atoms with Crippen LogP contribution in [0.25, 0.3) is 0 Å². The van der Waals surface area contributed by atoms with Crippen LogP contribution in [-0.4, -0.2) is 11.6 Å². The molecule has 0 heterocycles. The van der Waals surface area contributed by atoms with Crippen LogP contribution in [0.2, 0.25) is 0 Å². The first-order valence-electron chi connectivity index (χ1n) is 5.34. The third kappa shape index (κ3) is 1.82. The van der Waals surface area contributed by atoms with Crippen LogP contribution in [0.4, 0.5) is 0 Å². The van der Waals surface area contributed by atoms with Crippen LogP contribution in [0, 0.1) is 11.8 Å². The third-order valence-electron chi connectivity index (χ3n) is 3.17. The normalized spacial score (nSPS) is 36.2. The number of nitrogens with one attached hydrogen (secondary N) is 1. The molecule has 0 aromatic heterocycles. The highest BCUT2D eigenvalue weighted by Crippen LogP contribution is 2.47. The van der Waals surface area contributed by atoms with Gasteiger partial charge in [-0.25, -0.2) is 0 Å². The highest BCUT2D eigenvalue weighted by atomic mass is 15.0. The smallest absolute Gasteiger partial charge is 0.0103 e. The second kappa shape index (κ2) is 2.73. The maximum atomic E-state index is 3.73. The summed E-state index contributed by atoms with van der Waals surface area (Å²) < 4.78 is 0. The van der Waals surface area contributed by atoms with Gasteiger partial charge in [-0.2, -0.15) is 0 Å². The van der Waals surface area contributed by atoms with Crippen molar-refractivity contribution in [2.24, 2.45) is 11.8 Å². The first kappa shape index (κ1) is 8.55. The van der Waals surface area contributed by atoms with Crippen LogP contribution in [-0.2, 0) is 0 Å². The molecule has 0 aromatic rings. The third-order valence-corrected chi connectivity index (χ3v) is 3.17. The van der Waals surface area contributed by atoms with E-state index in [2.05, 4.69) is 26.1 Å². The average Bonchev–Trinajstić information content (AvgIpc) is 2.62. The summed E-state index contributed by atoms with van der Waals surface area (Å²) in [6, 6.07) is 0.845. The number of hydrogen-bond acceptors (Lipinski definition) is 1. The summed E-state index contributed by atoms with van der Waals surface area (Å²) in [5.74, 6) is 2.13. The van der Waals surface area contributed by atoms with E-state index in [1.807, 2.05) is 0 Å². The van der Waals surface area contributed by atoms with E-state index in [4.69, 9.17) is 0 Å². The Morgan fingerprint density at radius 2 is 1.67 bits per heavy atom. The van der Waals surface area contributed by atoms with Gasteiger partial charge in [0.1, 0.15) is 0 Å². The lowest BCUT2D eigenvalue weighted by atomic mass is 9.75. The zero-order valence-electron chi connectivity index (χ0n) is 8.56. The Kier molecular flexibility index (Phi) is 1.95. The van der Waals surface area contributed by atoms with Gasteiger partial charge in [0.2, 0.25) is 0 Å². The van der Waals surface area contributed by atoms with Crippen molar-refractivity contribution >= 4 is 0 Å². The molecule has 0 bridgehead atoms. The molecule has 2 fully saturated rings. The topological polar surface area (TPSA) is 12.0 Å². The Labute approximate surface area is 75.9 Å². The van der Waals surface area contributed by atoms with Gasteiger partial charge in [-0.1, -0.05) is 0 Å². The molecular weight excluding hydrogens is 146 g/mol. The molecule has 0 aromatic carbocycles. The molecule has 0 aliphatic heterocycles. The van der Waals surface area contributed by atoms with Gasteiger partial charge in [0.05, 0.1) is 0 Å². The molecule has 2 aliphatic carbocycles. The Balaban J connectivity index is 1.81. The molecule has 2 saturated carbocycles. The van der Waals surface area contributed by atoms with Crippen molar-refractivity contribution in [1.82, 2.24) is 5.32 Å². The van der Waals surface area contributed by atoms with Gasteiger partial charge in [0.15, 0.2) is 0 Å². The molecule has 2 aliphatic rings. The fourth-order valence-electron chi connectivity index (χ4n) is 2.35. The maximum absolute atomic E-state index is 3.73. The lowest BCUT2D eigenvalue weighted by Crippen LogP contribution is -2.52. The molecule has 1 N–H and O–H groups in total. The summed E-state index contributed by atoms with van der Waals surface area (Å²) in [6.45, 7) is 6.82. The zero-order chi connectivity index (χ0) is 8.77. The summed E-state index contributed by atoms with van der Waals surface area (Å²) in [6.07, 6.45) is 5.91. The quantitative estimate of drug-likeness (QED) is 0.666. The maximum Gasteiger partial charge on any atom is 0.0103 e. The fraction of sp³-hybridized carbons (Fsp3) is 1.00. The second-order valence-corrected chi connectivity index (χ2v) is 5.58. The van der Waals surface area contributed by atoms with Crippen molar-refractivity contribution < 1.29 is 0 Å². The van der Waals surface area contributed by atoms with E-state index in [0.717, 1.165) is 17.9 Å². The van der Waals surface area contributed by atoms with Gasteiger partial charge in [0, 0.05) is 11.6 Å². The SMILES string of the molecule is CC(C)(C)NC1CCC1C1CC1. The lowest BCUT2D eigenvalue weighted by Gasteiger charge is -2.42. The minimum atomic E-state index is 0.318. The molecule has 2 unspecified atom stereocenters. The summed E-state index contributed by atoms with van der Waals surface area (Å²) in [4.78, 5) is 0. The van der Waals surface area contributed by atoms with Gasteiger partial charge >= 0.3 is 0 Å². The fourth-order valence-corrected chi connectivity index (χ4v) is 2.35. The van der Waals surface area contributed by atoms with Gasteiger partial charge in [-0.05, 0) is 58.3 Å². The van der Waals surface area contributed by atoms with Crippen molar-refractivity contribution in [2.45, 2.75) is 58.0 Å². The van der Waals surface area contributed by atoms with Crippen LogP contribution in [0.15, 0.2) is 0 Å². The van der Waals surface area contributed by atoms with Crippen LogP contribution in [0.3, 0.4) is 0 Å². The standard InChI is InChI=1S/C11H21N/c1-11(2,3)12-10-7-6-9(10)8-4-5-8/h8-10,12H,4-7H2,1-3H3. The second-order valence-electron chi connectivity index (χ2n) is 5.58. The van der Waals surface area contributed by atoms with Crippen LogP contribution < -0.4 is 5.32 Å². The van der Waals surface area contributed by atoms with E-state index in [1.54, 1.807) is 0 Å². The highest BCUT2D eigenvalue weighted by molar-refractivity contribution is 4.97. The summed E-state index contributed by atoms with van der Waals surface area (Å²) in [5.41, 5.74) is 0.318. The van der Waals surface area contributed by atoms with E-state index in [9.17, 15) is 0 Å². The molecule has 2 rings (SSSR count). The Morgan fingerprint density at radius 1 is 1.00 bits per heavy atom. The van der Waals surface area contributed by atoms with Crippen LogP contribution in [0.5, 0.6) is 0 Å². The molecule has 1 nitrogen and oxygen atoms in total. The molecule has 0 radical (unpaired) electrons. The monoisotopic (exact) mass is 167 g/mol. The molecule has 12 heavy (non-hydrogen) atoms. The first-order valence-corrected chi connectivity index (χ1v) is 5.34. The Morgan fingerprint density at radius 3 is 2.00 bits per heavy atom. The summed E-state index contributed by atoms with van der Waals surface area (Å²) in [5, 5.41) is 3.73. The first-order chi connectivity index (χ1) is 5.56. The van der Waals surface area contributed by atoms with Gasteiger partial charge in [0.25, 0.3) is 0 Å². The van der Waals surface area contributed by atoms with E-state index in [-0.39, 0.29) is 0 Å². The molecule has 0 spiro atoms. The van der Waals surface area contributed by atoms with Crippen molar-refractivity contribution in [1.29, 1.82) is 0 Å². The largest absolute Gasteiger partial charge is 0.309 e. The van der Waals surface area contributed by atoms with Crippen LogP contribution in [0.1, 0.15) is 46.5 Å². The highest BCUT2D eigenvalue weighted by Gasteiger charge is 2.42. The van der Waals surface area contributed by atoms with Crippen molar-refractivity contribution in [3.05, 3.63) is 0 Å². The van der Waals surface area contributed by atoms with E-state index in [1.165, 1.54) is 25.7 Å². The molecule has 0 amide bonds. The van der Waals surface area contributed by atoms with Gasteiger partial charge in [-0.3, -0.25) is 0 Å². The molecule has 70 valence electrons. The Hall–Kier alpha value is -0.0400. The minimum absolute atomic E-state index is 0.318. The predicted octanol–water partition coefficient (Wildman–Crippen LogP) is 2.56. The molecule has 2 atom stereocenters. The number of rotatable bonds is 2. The zero-order valence-corrected chi connectivity index (χ0v) is 8.56. The van der Waals surface area contributed by atoms with Crippen molar-refractivity contribution in [3.63, 3.8) is 0 Å². The van der Waals surface area contributed by atoms with E-state index < -0.39 is 0 Å². The Bertz CT molecular complexity index is 164.